The second kappa shape index (κ2) is 7.39. The summed E-state index contributed by atoms with van der Waals surface area (Å²) in [7, 11) is 13.3. The van der Waals surface area contributed by atoms with Crippen molar-refractivity contribution < 1.29 is 23.8 Å². The zero-order chi connectivity index (χ0) is 19.3. The van der Waals surface area contributed by atoms with E-state index in [9.17, 15) is 0 Å². The van der Waals surface area contributed by atoms with Crippen LogP contribution in [0.15, 0.2) is 46.9 Å². The predicted octanol–water partition coefficient (Wildman–Crippen LogP) is 7.70. The summed E-state index contributed by atoms with van der Waals surface area (Å²) < 4.78 is 6.16. The van der Waals surface area contributed by atoms with E-state index in [2.05, 4.69) is 69.3 Å². The zero-order valence-corrected chi connectivity index (χ0v) is 19.8. The van der Waals surface area contributed by atoms with E-state index in [0.717, 1.165) is 22.7 Å². The topological polar surface area (TPSA) is 13.1 Å². The quantitative estimate of drug-likeness (QED) is 0.378. The number of hydrogen-bond acceptors (Lipinski definition) is 1. The van der Waals surface area contributed by atoms with Gasteiger partial charge in [0.1, 0.15) is 0 Å². The van der Waals surface area contributed by atoms with Crippen LogP contribution < -0.4 is 0 Å². The second-order valence-corrected chi connectivity index (χ2v) is 16.0. The Morgan fingerprint density at radius 3 is 2.22 bits per heavy atom. The normalized spacial score (nSPS) is 15.6. The van der Waals surface area contributed by atoms with Crippen molar-refractivity contribution in [3.63, 3.8) is 0 Å². The molecule has 0 aliphatic heterocycles. The number of fused-ring (bicyclic) bond motifs is 1. The molecule has 0 saturated carbocycles. The first-order chi connectivity index (χ1) is 12.9. The van der Waals surface area contributed by atoms with Gasteiger partial charge in [0.2, 0.25) is 0 Å². The number of hydrogen-bond donors (Lipinski definition) is 0. The van der Waals surface area contributed by atoms with Gasteiger partial charge in [0.25, 0.3) is 0 Å². The van der Waals surface area contributed by atoms with Crippen LogP contribution in [0.2, 0.25) is 0 Å². The molecule has 27 heavy (non-hydrogen) atoms. The van der Waals surface area contributed by atoms with E-state index in [4.69, 9.17) is 21.4 Å². The van der Waals surface area contributed by atoms with Gasteiger partial charge >= 0.3 is 177 Å². The van der Waals surface area contributed by atoms with Gasteiger partial charge in [0.15, 0.2) is 0 Å². The number of furan rings is 1. The molecule has 1 aliphatic rings. The molecule has 1 heterocycles. The Labute approximate surface area is 175 Å². The summed E-state index contributed by atoms with van der Waals surface area (Å²) in [4.78, 5) is 0. The van der Waals surface area contributed by atoms with Crippen LogP contribution in [0.4, 0.5) is 0 Å². The first-order valence-corrected chi connectivity index (χ1v) is 16.8. The Kier molecular flexibility index (Phi) is 5.27. The zero-order valence-electron chi connectivity index (χ0n) is 15.9. The van der Waals surface area contributed by atoms with Gasteiger partial charge in [-0.2, -0.15) is 0 Å². The van der Waals surface area contributed by atoms with Gasteiger partial charge in [-0.1, -0.05) is 0 Å². The van der Waals surface area contributed by atoms with Crippen LogP contribution in [0, 0.1) is 27.7 Å². The van der Waals surface area contributed by atoms with E-state index in [0.29, 0.717) is 0 Å². The molecule has 4 rings (SSSR count). The molecule has 4 heteroatoms. The minimum atomic E-state index is -2.65. The van der Waals surface area contributed by atoms with Crippen LogP contribution in [0.1, 0.15) is 43.0 Å². The van der Waals surface area contributed by atoms with E-state index < -0.39 is 19.4 Å². The van der Waals surface area contributed by atoms with Gasteiger partial charge in [-0.15, -0.1) is 0 Å². The molecule has 0 bridgehead atoms. The second-order valence-electron chi connectivity index (χ2n) is 7.23. The van der Waals surface area contributed by atoms with E-state index in [1.165, 1.54) is 33.4 Å². The van der Waals surface area contributed by atoms with Crippen LogP contribution in [-0.2, 0) is 19.4 Å². The van der Waals surface area contributed by atoms with E-state index in [1.807, 2.05) is 6.92 Å². The third kappa shape index (κ3) is 3.31. The number of rotatable bonds is 3. The number of allylic oxidation sites excluding steroid dienone is 1. The Hall–Kier alpha value is -1.08. The summed E-state index contributed by atoms with van der Waals surface area (Å²) in [6, 6.07) is 15.0. The monoisotopic (exact) mass is 473 g/mol. The van der Waals surface area contributed by atoms with Crippen LogP contribution in [0.3, 0.4) is 0 Å². The van der Waals surface area contributed by atoms with Gasteiger partial charge in [0.05, 0.1) is 0 Å². The molecule has 1 unspecified atom stereocenters. The standard InChI is InChI=1S/C23H21O.2ClH.Zr/c1-14-10-19-12-20(22-11-15(2)17(4)24-22)13-21(19)23(16(14)3)18-8-6-5-7-9-18;;;/h5-13H,1-4H3;2*1H;/q;;;+2/p-2. The van der Waals surface area contributed by atoms with Crippen molar-refractivity contribution in [2.75, 3.05) is 0 Å². The van der Waals surface area contributed by atoms with E-state index in [-0.39, 0.29) is 3.63 Å². The van der Waals surface area contributed by atoms with E-state index in [1.54, 1.807) is 0 Å². The molecule has 2 aromatic carbocycles. The van der Waals surface area contributed by atoms with Crippen molar-refractivity contribution in [2.24, 2.45) is 0 Å². The first kappa shape index (κ1) is 19.2. The van der Waals surface area contributed by atoms with Crippen molar-refractivity contribution >= 4 is 28.7 Å². The van der Waals surface area contributed by atoms with Gasteiger partial charge in [-0.3, -0.25) is 0 Å². The average Bonchev–Trinajstić information content (AvgIpc) is 3.17. The van der Waals surface area contributed by atoms with Crippen molar-refractivity contribution in [1.82, 2.24) is 0 Å². The van der Waals surface area contributed by atoms with Crippen LogP contribution in [-0.4, -0.2) is 0 Å². The van der Waals surface area contributed by atoms with Crippen molar-refractivity contribution in [1.29, 1.82) is 0 Å². The van der Waals surface area contributed by atoms with Gasteiger partial charge < -0.3 is 0 Å². The molecule has 1 aromatic heterocycles. The van der Waals surface area contributed by atoms with Gasteiger partial charge in [-0.25, -0.2) is 0 Å². The van der Waals surface area contributed by atoms with Gasteiger partial charge in [-0.05, 0) is 0 Å². The predicted molar refractivity (Wildman–Crippen MR) is 112 cm³/mol. The number of aryl methyl sites for hydroxylation is 3. The molecule has 1 atom stereocenters. The molecule has 0 radical (unpaired) electrons. The third-order valence-electron chi connectivity index (χ3n) is 5.57. The molecular formula is C23H21Cl2OZr. The van der Waals surface area contributed by atoms with Crippen molar-refractivity contribution in [3.05, 3.63) is 81.8 Å². The molecule has 1 nitrogen and oxygen atoms in total. The van der Waals surface area contributed by atoms with E-state index >= 15 is 0 Å². The molecule has 0 amide bonds. The number of halogens is 2. The molecule has 0 fully saturated rings. The summed E-state index contributed by atoms with van der Waals surface area (Å²) in [6.45, 7) is 8.44. The Morgan fingerprint density at radius 1 is 0.926 bits per heavy atom. The fourth-order valence-corrected chi connectivity index (χ4v) is 8.98. The minimum absolute atomic E-state index is 0.0949. The van der Waals surface area contributed by atoms with Crippen molar-refractivity contribution in [2.45, 2.75) is 31.3 Å². The Bertz CT molecular complexity index is 1030. The third-order valence-corrected chi connectivity index (χ3v) is 10.8. The van der Waals surface area contributed by atoms with Crippen molar-refractivity contribution in [3.8, 4) is 11.1 Å². The summed E-state index contributed by atoms with van der Waals surface area (Å²) in [5.41, 5.74) is 9.90. The molecule has 0 saturated heterocycles. The van der Waals surface area contributed by atoms with Crippen LogP contribution in [0.25, 0.3) is 22.8 Å². The van der Waals surface area contributed by atoms with Crippen LogP contribution in [0.5, 0.6) is 0 Å². The fraction of sp³-hybridized carbons (Fsp3) is 0.217. The maximum absolute atomic E-state index is 6.67. The molecule has 0 spiro atoms. The Balaban J connectivity index is 1.99. The average molecular weight is 476 g/mol. The number of benzene rings is 2. The molecule has 0 N–H and O–H groups in total. The van der Waals surface area contributed by atoms with Gasteiger partial charge in [0, 0.05) is 0 Å². The Morgan fingerprint density at radius 2 is 1.63 bits per heavy atom. The molecular weight excluding hydrogens is 454 g/mol. The SMILES string of the molecule is Cc1cc(C2=Cc3c(cc(C)c(C)c3-c3ccccc3)[CH]2[Zr]([Cl])[Cl])oc1C. The maximum atomic E-state index is 6.67. The summed E-state index contributed by atoms with van der Waals surface area (Å²) in [5, 5.41) is 0. The summed E-state index contributed by atoms with van der Waals surface area (Å²) >= 11 is -2.65. The summed E-state index contributed by atoms with van der Waals surface area (Å²) in [5.74, 6) is 1.85. The molecule has 1 aliphatic carbocycles. The first-order valence-electron chi connectivity index (χ1n) is 9.04. The fourth-order valence-electron chi connectivity index (χ4n) is 3.90. The summed E-state index contributed by atoms with van der Waals surface area (Å²) in [6.07, 6.45) is 2.26. The molecule has 137 valence electrons. The van der Waals surface area contributed by atoms with Crippen LogP contribution >= 0.6 is 17.0 Å². The molecule has 3 aromatic rings.